The summed E-state index contributed by atoms with van der Waals surface area (Å²) in [6.45, 7) is 18.0. The Morgan fingerprint density at radius 3 is 2.17 bits per heavy atom. The monoisotopic (exact) mass is 515 g/mol. The number of piperazine rings is 1. The van der Waals surface area contributed by atoms with Crippen LogP contribution in [0.25, 0.3) is 0 Å². The van der Waals surface area contributed by atoms with Crippen LogP contribution in [0.2, 0.25) is 0 Å². The van der Waals surface area contributed by atoms with Crippen LogP contribution >= 0.6 is 24.0 Å². The second-order valence-electron chi connectivity index (χ2n) is 8.48. The van der Waals surface area contributed by atoms with Crippen LogP contribution in [0.15, 0.2) is 29.3 Å². The lowest BCUT2D eigenvalue weighted by atomic mass is 10.00. The van der Waals surface area contributed by atoms with Crippen LogP contribution in [-0.4, -0.2) is 68.1 Å². The van der Waals surface area contributed by atoms with Crippen LogP contribution in [0.3, 0.4) is 0 Å². The molecule has 2 atom stereocenters. The van der Waals surface area contributed by atoms with Crippen molar-refractivity contribution in [1.29, 1.82) is 0 Å². The molecule has 1 fully saturated rings. The van der Waals surface area contributed by atoms with Gasteiger partial charge in [0.2, 0.25) is 0 Å². The zero-order valence-corrected chi connectivity index (χ0v) is 21.6. The minimum atomic E-state index is 0. The molecule has 1 heterocycles. The lowest BCUT2D eigenvalue weighted by Gasteiger charge is -2.37. The molecule has 5 nitrogen and oxygen atoms in total. The number of nitrogens with zero attached hydrogens (tertiary/aromatic N) is 3. The molecule has 29 heavy (non-hydrogen) atoms. The van der Waals surface area contributed by atoms with Crippen LogP contribution in [0.1, 0.15) is 51.8 Å². The van der Waals surface area contributed by atoms with Crippen molar-refractivity contribution in [2.45, 2.75) is 53.1 Å². The first-order valence-electron chi connectivity index (χ1n) is 10.9. The predicted octanol–water partition coefficient (Wildman–Crippen LogP) is 3.76. The van der Waals surface area contributed by atoms with E-state index in [1.807, 2.05) is 7.05 Å². The van der Waals surface area contributed by atoms with Gasteiger partial charge >= 0.3 is 0 Å². The van der Waals surface area contributed by atoms with E-state index >= 15 is 0 Å². The molecule has 0 bridgehead atoms. The highest BCUT2D eigenvalue weighted by atomic mass is 127. The fourth-order valence-corrected chi connectivity index (χ4v) is 3.79. The van der Waals surface area contributed by atoms with Crippen molar-refractivity contribution in [3.05, 3.63) is 35.4 Å². The Hall–Kier alpha value is -0.860. The number of hydrogen-bond donors (Lipinski definition) is 2. The van der Waals surface area contributed by atoms with Crippen molar-refractivity contribution >= 4 is 29.9 Å². The molecule has 0 amide bonds. The second-order valence-corrected chi connectivity index (χ2v) is 8.48. The first-order valence-corrected chi connectivity index (χ1v) is 10.9. The maximum absolute atomic E-state index is 4.42. The van der Waals surface area contributed by atoms with Crippen molar-refractivity contribution in [3.8, 4) is 0 Å². The van der Waals surface area contributed by atoms with Crippen LogP contribution in [0, 0.1) is 5.92 Å². The number of rotatable bonds is 8. The zero-order chi connectivity index (χ0) is 20.5. The average Bonchev–Trinajstić information content (AvgIpc) is 2.70. The molecule has 1 aliphatic rings. The van der Waals surface area contributed by atoms with Gasteiger partial charge in [0.25, 0.3) is 0 Å². The van der Waals surface area contributed by atoms with Crippen molar-refractivity contribution < 1.29 is 0 Å². The van der Waals surface area contributed by atoms with Gasteiger partial charge in [-0.2, -0.15) is 0 Å². The SMILES string of the molecule is CCN1CCN(C(C)CNC(=NC)NC(C)c2ccc(CC(C)C)cc2)CC1.I. The van der Waals surface area contributed by atoms with Gasteiger partial charge in [0, 0.05) is 45.8 Å². The molecule has 0 radical (unpaired) electrons. The topological polar surface area (TPSA) is 42.9 Å². The summed E-state index contributed by atoms with van der Waals surface area (Å²) in [7, 11) is 1.85. The maximum atomic E-state index is 4.42. The number of nitrogens with one attached hydrogen (secondary N) is 2. The van der Waals surface area contributed by atoms with Gasteiger partial charge in [-0.25, -0.2) is 0 Å². The number of benzene rings is 1. The minimum absolute atomic E-state index is 0. The van der Waals surface area contributed by atoms with E-state index in [1.165, 1.54) is 24.2 Å². The Morgan fingerprint density at radius 2 is 1.66 bits per heavy atom. The van der Waals surface area contributed by atoms with E-state index in [4.69, 9.17) is 0 Å². The molecule has 2 rings (SSSR count). The molecule has 1 aromatic carbocycles. The fourth-order valence-electron chi connectivity index (χ4n) is 3.79. The summed E-state index contributed by atoms with van der Waals surface area (Å²) in [5.74, 6) is 1.56. The Balaban J connectivity index is 0.00000420. The van der Waals surface area contributed by atoms with Gasteiger partial charge in [-0.1, -0.05) is 45.0 Å². The van der Waals surface area contributed by atoms with Gasteiger partial charge in [0.05, 0.1) is 6.04 Å². The smallest absolute Gasteiger partial charge is 0.191 e. The fraction of sp³-hybridized carbons (Fsp3) is 0.696. The van der Waals surface area contributed by atoms with Gasteiger partial charge in [0.15, 0.2) is 5.96 Å². The quantitative estimate of drug-likeness (QED) is 0.315. The highest BCUT2D eigenvalue weighted by Crippen LogP contribution is 2.15. The van der Waals surface area contributed by atoms with Crippen molar-refractivity contribution in [2.75, 3.05) is 46.3 Å². The Morgan fingerprint density at radius 1 is 1.03 bits per heavy atom. The molecule has 2 N–H and O–H groups in total. The van der Waals surface area contributed by atoms with Gasteiger partial charge in [-0.05, 0) is 43.9 Å². The summed E-state index contributed by atoms with van der Waals surface area (Å²) in [5, 5.41) is 7.04. The molecule has 2 unspecified atom stereocenters. The standard InChI is InChI=1S/C23H41N5.HI/c1-7-27-12-14-28(15-13-27)19(4)17-25-23(24-6)26-20(5)22-10-8-21(9-11-22)16-18(2)3;/h8-11,18-20H,7,12-17H2,1-6H3,(H2,24,25,26);1H. The highest BCUT2D eigenvalue weighted by molar-refractivity contribution is 14.0. The lowest BCUT2D eigenvalue weighted by Crippen LogP contribution is -2.53. The normalized spacial score (nSPS) is 18.2. The van der Waals surface area contributed by atoms with Gasteiger partial charge in [-0.15, -0.1) is 24.0 Å². The average molecular weight is 516 g/mol. The van der Waals surface area contributed by atoms with E-state index in [2.05, 4.69) is 84.3 Å². The summed E-state index contributed by atoms with van der Waals surface area (Å²) in [6.07, 6.45) is 1.13. The molecule has 1 aromatic rings. The van der Waals surface area contributed by atoms with E-state index in [9.17, 15) is 0 Å². The lowest BCUT2D eigenvalue weighted by molar-refractivity contribution is 0.107. The van der Waals surface area contributed by atoms with Crippen LogP contribution in [0.5, 0.6) is 0 Å². The largest absolute Gasteiger partial charge is 0.355 e. The summed E-state index contributed by atoms with van der Waals surface area (Å²) >= 11 is 0. The first-order chi connectivity index (χ1) is 13.4. The summed E-state index contributed by atoms with van der Waals surface area (Å²) < 4.78 is 0. The van der Waals surface area contributed by atoms with Crippen molar-refractivity contribution in [3.63, 3.8) is 0 Å². The number of aliphatic imine (C=N–C) groups is 1. The summed E-state index contributed by atoms with van der Waals surface area (Å²) in [6, 6.07) is 9.70. The number of likely N-dealkylation sites (N-methyl/N-ethyl adjacent to an activating group) is 1. The van der Waals surface area contributed by atoms with Crippen molar-refractivity contribution in [2.24, 2.45) is 10.9 Å². The molecule has 166 valence electrons. The number of hydrogen-bond acceptors (Lipinski definition) is 3. The van der Waals surface area contributed by atoms with Crippen LogP contribution < -0.4 is 10.6 Å². The molecule has 6 heteroatoms. The summed E-state index contributed by atoms with van der Waals surface area (Å²) in [4.78, 5) is 9.51. The predicted molar refractivity (Wildman–Crippen MR) is 136 cm³/mol. The van der Waals surface area contributed by atoms with Crippen LogP contribution in [0.4, 0.5) is 0 Å². The molecule has 0 spiro atoms. The Labute approximate surface area is 195 Å². The zero-order valence-electron chi connectivity index (χ0n) is 19.2. The van der Waals surface area contributed by atoms with Crippen LogP contribution in [-0.2, 0) is 6.42 Å². The Kier molecular flexibility index (Phi) is 12.1. The van der Waals surface area contributed by atoms with Gasteiger partial charge in [0.1, 0.15) is 0 Å². The molecule has 1 saturated heterocycles. The van der Waals surface area contributed by atoms with Gasteiger partial charge in [-0.3, -0.25) is 9.89 Å². The molecule has 0 aromatic heterocycles. The number of guanidine groups is 1. The van der Waals surface area contributed by atoms with E-state index in [1.54, 1.807) is 0 Å². The molecular formula is C23H42IN5. The van der Waals surface area contributed by atoms with E-state index < -0.39 is 0 Å². The number of halogens is 1. The summed E-state index contributed by atoms with van der Waals surface area (Å²) in [5.41, 5.74) is 2.70. The minimum Gasteiger partial charge on any atom is -0.355 e. The first kappa shape index (κ1) is 26.2. The third-order valence-electron chi connectivity index (χ3n) is 5.74. The van der Waals surface area contributed by atoms with Crippen molar-refractivity contribution in [1.82, 2.24) is 20.4 Å². The highest BCUT2D eigenvalue weighted by Gasteiger charge is 2.20. The van der Waals surface area contributed by atoms with E-state index in [0.29, 0.717) is 12.0 Å². The third-order valence-corrected chi connectivity index (χ3v) is 5.74. The van der Waals surface area contributed by atoms with Gasteiger partial charge < -0.3 is 15.5 Å². The molecule has 1 aliphatic heterocycles. The second kappa shape index (κ2) is 13.4. The van der Waals surface area contributed by atoms with E-state index in [0.717, 1.165) is 38.6 Å². The molecule has 0 saturated carbocycles. The third kappa shape index (κ3) is 8.80. The Bertz CT molecular complexity index is 594. The van der Waals surface area contributed by atoms with E-state index in [-0.39, 0.29) is 30.0 Å². The molecule has 0 aliphatic carbocycles. The molecular weight excluding hydrogens is 473 g/mol. The maximum Gasteiger partial charge on any atom is 0.191 e.